The van der Waals surface area contributed by atoms with E-state index >= 15 is 0 Å². The number of rotatable bonds is 5. The molecule has 1 aromatic heterocycles. The molecule has 0 radical (unpaired) electrons. The van der Waals surface area contributed by atoms with Gasteiger partial charge >= 0.3 is 0 Å². The third kappa shape index (κ3) is 2.07. The normalized spacial score (nSPS) is 27.6. The highest BCUT2D eigenvalue weighted by atomic mass is 16.5. The fourth-order valence-electron chi connectivity index (χ4n) is 2.30. The van der Waals surface area contributed by atoms with Crippen LogP contribution in [0.2, 0.25) is 0 Å². The van der Waals surface area contributed by atoms with E-state index < -0.39 is 0 Å². The third-order valence-corrected chi connectivity index (χ3v) is 3.74. The standard InChI is InChI=1S/C14H18N2O2/c1-9(2)18-12-5-10(3-4-15-12)8-16-13(17)14-6-11(14)7-14/h3-5,9,11H,6-8H2,1-2H3,(H,16,17). The minimum atomic E-state index is 0.0459. The van der Waals surface area contributed by atoms with Crippen LogP contribution in [0, 0.1) is 11.3 Å². The number of amides is 1. The second-order valence-corrected chi connectivity index (χ2v) is 5.61. The molecule has 2 aliphatic rings. The molecule has 4 heteroatoms. The highest BCUT2D eigenvalue weighted by Gasteiger charge is 2.74. The Hall–Kier alpha value is -1.58. The summed E-state index contributed by atoms with van der Waals surface area (Å²) >= 11 is 0. The van der Waals surface area contributed by atoms with Crippen LogP contribution in [-0.2, 0) is 11.3 Å². The van der Waals surface area contributed by atoms with Crippen molar-refractivity contribution in [2.24, 2.45) is 11.3 Å². The molecule has 0 aromatic carbocycles. The van der Waals surface area contributed by atoms with Gasteiger partial charge in [-0.15, -0.1) is 0 Å². The number of carbonyl (C=O) groups excluding carboxylic acids is 1. The maximum Gasteiger partial charge on any atom is 0.226 e. The van der Waals surface area contributed by atoms with E-state index in [9.17, 15) is 4.79 Å². The van der Waals surface area contributed by atoms with E-state index in [0.29, 0.717) is 18.3 Å². The average molecular weight is 246 g/mol. The van der Waals surface area contributed by atoms with E-state index in [1.54, 1.807) is 6.20 Å². The van der Waals surface area contributed by atoms with Crippen molar-refractivity contribution in [2.45, 2.75) is 39.3 Å². The fourth-order valence-corrected chi connectivity index (χ4v) is 2.30. The van der Waals surface area contributed by atoms with E-state index in [-0.39, 0.29) is 17.4 Å². The number of carbonyl (C=O) groups is 1. The number of hydrogen-bond acceptors (Lipinski definition) is 3. The molecule has 2 aliphatic carbocycles. The van der Waals surface area contributed by atoms with Crippen LogP contribution in [0.5, 0.6) is 5.88 Å². The first-order valence-corrected chi connectivity index (χ1v) is 6.50. The lowest BCUT2D eigenvalue weighted by Crippen LogP contribution is -2.27. The minimum absolute atomic E-state index is 0.0459. The lowest BCUT2D eigenvalue weighted by molar-refractivity contribution is -0.124. The van der Waals surface area contributed by atoms with Crippen molar-refractivity contribution >= 4 is 5.91 Å². The zero-order chi connectivity index (χ0) is 12.8. The summed E-state index contributed by atoms with van der Waals surface area (Å²) in [5.74, 6) is 1.52. The zero-order valence-corrected chi connectivity index (χ0v) is 10.8. The molecule has 1 heterocycles. The van der Waals surface area contributed by atoms with Gasteiger partial charge in [-0.25, -0.2) is 4.98 Å². The summed E-state index contributed by atoms with van der Waals surface area (Å²) in [6, 6.07) is 3.79. The largest absolute Gasteiger partial charge is 0.475 e. The molecular weight excluding hydrogens is 228 g/mol. The van der Waals surface area contributed by atoms with E-state index in [2.05, 4.69) is 10.3 Å². The van der Waals surface area contributed by atoms with Crippen molar-refractivity contribution in [2.75, 3.05) is 0 Å². The lowest BCUT2D eigenvalue weighted by atomic mass is 10.2. The minimum Gasteiger partial charge on any atom is -0.475 e. The molecule has 0 atom stereocenters. The number of ether oxygens (including phenoxy) is 1. The summed E-state index contributed by atoms with van der Waals surface area (Å²) in [5, 5.41) is 3.00. The maximum atomic E-state index is 11.8. The maximum absolute atomic E-state index is 11.8. The van der Waals surface area contributed by atoms with Crippen LogP contribution in [0.1, 0.15) is 32.3 Å². The first kappa shape index (κ1) is 11.5. The molecule has 0 saturated heterocycles. The number of nitrogens with zero attached hydrogens (tertiary/aromatic N) is 1. The molecule has 3 rings (SSSR count). The molecule has 18 heavy (non-hydrogen) atoms. The Morgan fingerprint density at radius 3 is 2.94 bits per heavy atom. The summed E-state index contributed by atoms with van der Waals surface area (Å²) in [5.41, 5.74) is 1.08. The van der Waals surface area contributed by atoms with Gasteiger partial charge in [-0.1, -0.05) is 0 Å². The van der Waals surface area contributed by atoms with Crippen molar-refractivity contribution in [1.82, 2.24) is 10.3 Å². The van der Waals surface area contributed by atoms with E-state index in [0.717, 1.165) is 18.4 Å². The van der Waals surface area contributed by atoms with Gasteiger partial charge in [-0.2, -0.15) is 0 Å². The Morgan fingerprint density at radius 2 is 2.33 bits per heavy atom. The van der Waals surface area contributed by atoms with Crippen LogP contribution in [0.4, 0.5) is 0 Å². The Bertz CT molecular complexity index is 478. The van der Waals surface area contributed by atoms with Crippen molar-refractivity contribution in [3.05, 3.63) is 23.9 Å². The molecule has 0 spiro atoms. The molecule has 0 unspecified atom stereocenters. The molecule has 4 nitrogen and oxygen atoms in total. The summed E-state index contributed by atoms with van der Waals surface area (Å²) in [7, 11) is 0. The predicted octanol–water partition coefficient (Wildman–Crippen LogP) is 1.89. The van der Waals surface area contributed by atoms with Crippen LogP contribution < -0.4 is 10.1 Å². The van der Waals surface area contributed by atoms with Crippen molar-refractivity contribution in [3.63, 3.8) is 0 Å². The summed E-state index contributed by atoms with van der Waals surface area (Å²) in [4.78, 5) is 16.0. The highest BCUT2D eigenvalue weighted by molar-refractivity contribution is 5.89. The van der Waals surface area contributed by atoms with Gasteiger partial charge < -0.3 is 10.1 Å². The Balaban J connectivity index is 1.56. The first-order chi connectivity index (χ1) is 8.60. The molecule has 96 valence electrons. The van der Waals surface area contributed by atoms with Gasteiger partial charge in [0.15, 0.2) is 0 Å². The molecule has 1 amide bonds. The Morgan fingerprint density at radius 1 is 1.61 bits per heavy atom. The van der Waals surface area contributed by atoms with Gasteiger partial charge in [0.1, 0.15) is 0 Å². The average Bonchev–Trinajstić information content (AvgIpc) is 3.13. The highest BCUT2D eigenvalue weighted by Crippen LogP contribution is 2.75. The van der Waals surface area contributed by atoms with Crippen molar-refractivity contribution < 1.29 is 9.53 Å². The second kappa shape index (κ2) is 3.97. The topological polar surface area (TPSA) is 51.2 Å². The SMILES string of the molecule is CC(C)Oc1cc(CNC(=O)C23CC2C3)ccn1. The van der Waals surface area contributed by atoms with E-state index in [1.807, 2.05) is 26.0 Å². The van der Waals surface area contributed by atoms with Crippen LogP contribution in [0.15, 0.2) is 18.3 Å². The molecule has 1 N–H and O–H groups in total. The number of fused-ring (bicyclic) bond motifs is 1. The van der Waals surface area contributed by atoms with E-state index in [1.165, 1.54) is 0 Å². The zero-order valence-electron chi connectivity index (χ0n) is 10.8. The molecule has 2 fully saturated rings. The monoisotopic (exact) mass is 246 g/mol. The van der Waals surface area contributed by atoms with Gasteiger partial charge in [0.2, 0.25) is 11.8 Å². The predicted molar refractivity (Wildman–Crippen MR) is 67.0 cm³/mol. The third-order valence-electron chi connectivity index (χ3n) is 3.74. The van der Waals surface area contributed by atoms with Gasteiger partial charge in [-0.3, -0.25) is 4.79 Å². The van der Waals surface area contributed by atoms with E-state index in [4.69, 9.17) is 4.74 Å². The lowest BCUT2D eigenvalue weighted by Gasteiger charge is -2.10. The van der Waals surface area contributed by atoms with Gasteiger partial charge in [0.25, 0.3) is 0 Å². The number of aromatic nitrogens is 1. The molecule has 1 aromatic rings. The quantitative estimate of drug-likeness (QED) is 0.863. The smallest absolute Gasteiger partial charge is 0.226 e. The summed E-state index contributed by atoms with van der Waals surface area (Å²) in [6.07, 6.45) is 4.02. The summed E-state index contributed by atoms with van der Waals surface area (Å²) < 4.78 is 5.53. The number of nitrogens with one attached hydrogen (secondary N) is 1. The molecule has 0 bridgehead atoms. The van der Waals surface area contributed by atoms with Crippen molar-refractivity contribution in [1.29, 1.82) is 0 Å². The second-order valence-electron chi connectivity index (χ2n) is 5.61. The molecular formula is C14H18N2O2. The molecule has 0 aliphatic heterocycles. The van der Waals surface area contributed by atoms with Gasteiger partial charge in [0.05, 0.1) is 11.5 Å². The van der Waals surface area contributed by atoms with Gasteiger partial charge in [0, 0.05) is 18.8 Å². The van der Waals surface area contributed by atoms with Crippen LogP contribution in [0.3, 0.4) is 0 Å². The van der Waals surface area contributed by atoms with Crippen LogP contribution in [0.25, 0.3) is 0 Å². The van der Waals surface area contributed by atoms with Crippen LogP contribution in [-0.4, -0.2) is 17.0 Å². The fraction of sp³-hybridized carbons (Fsp3) is 0.571. The number of hydrogen-bond donors (Lipinski definition) is 1. The van der Waals surface area contributed by atoms with Crippen LogP contribution >= 0.6 is 0 Å². The Kier molecular flexibility index (Phi) is 2.54. The van der Waals surface area contributed by atoms with Gasteiger partial charge in [-0.05, 0) is 44.2 Å². The summed E-state index contributed by atoms with van der Waals surface area (Å²) in [6.45, 7) is 4.50. The number of pyridine rings is 1. The molecule has 2 saturated carbocycles. The van der Waals surface area contributed by atoms with Crippen molar-refractivity contribution in [3.8, 4) is 5.88 Å². The Labute approximate surface area is 107 Å². The first-order valence-electron chi connectivity index (χ1n) is 6.50.